The molecule has 3 rings (SSSR count). The van der Waals surface area contributed by atoms with E-state index in [1.165, 1.54) is 18.9 Å². The molecule has 0 amide bonds. The molecule has 142 valence electrons. The van der Waals surface area contributed by atoms with E-state index in [1.54, 1.807) is 0 Å². The molecule has 3 saturated carbocycles. The molecule has 0 aliphatic heterocycles. The number of hydrogen-bond donors (Lipinski definition) is 1. The lowest BCUT2D eigenvalue weighted by molar-refractivity contribution is -0.213. The second-order valence-electron chi connectivity index (χ2n) is 9.81. The maximum absolute atomic E-state index is 11.7. The van der Waals surface area contributed by atoms with Crippen molar-refractivity contribution in [2.24, 2.45) is 35.0 Å². The van der Waals surface area contributed by atoms with Crippen LogP contribution in [0.25, 0.3) is 0 Å². The molecule has 3 fully saturated rings. The maximum atomic E-state index is 11.7. The van der Waals surface area contributed by atoms with Crippen LogP contribution in [0.5, 0.6) is 0 Å². The van der Waals surface area contributed by atoms with Gasteiger partial charge in [-0.25, -0.2) is 0 Å². The van der Waals surface area contributed by atoms with Gasteiger partial charge >= 0.3 is 5.97 Å². The lowest BCUT2D eigenvalue weighted by Gasteiger charge is -2.62. The van der Waals surface area contributed by atoms with Gasteiger partial charge in [-0.15, -0.1) is 0 Å². The fourth-order valence-corrected chi connectivity index (χ4v) is 6.81. The second kappa shape index (κ2) is 6.40. The number of rotatable bonds is 2. The molecule has 0 bridgehead atoms. The van der Waals surface area contributed by atoms with Gasteiger partial charge in [0.1, 0.15) is 6.10 Å². The normalized spacial score (nSPS) is 47.2. The fraction of sp³-hybridized carbons (Fsp3) is 0.864. The highest BCUT2D eigenvalue weighted by Crippen LogP contribution is 2.63. The van der Waals surface area contributed by atoms with Gasteiger partial charge in [0.25, 0.3) is 0 Å². The first-order valence-electron chi connectivity index (χ1n) is 10.1. The van der Waals surface area contributed by atoms with E-state index in [9.17, 15) is 9.90 Å². The van der Waals surface area contributed by atoms with Crippen molar-refractivity contribution in [1.82, 2.24) is 0 Å². The summed E-state index contributed by atoms with van der Waals surface area (Å²) in [5.74, 6) is 2.28. The summed E-state index contributed by atoms with van der Waals surface area (Å²) in [5, 5.41) is 11.4. The summed E-state index contributed by atoms with van der Waals surface area (Å²) in [6, 6.07) is 0. The number of allylic oxidation sites excluding steroid dienone is 1. The molecule has 25 heavy (non-hydrogen) atoms. The molecule has 1 N–H and O–H groups in total. The van der Waals surface area contributed by atoms with Gasteiger partial charge < -0.3 is 9.84 Å². The molecule has 0 heterocycles. The molecule has 3 heteroatoms. The Kier molecular flexibility index (Phi) is 4.85. The minimum atomic E-state index is -0.712. The van der Waals surface area contributed by atoms with E-state index in [-0.39, 0.29) is 23.4 Å². The largest absolute Gasteiger partial charge is 0.462 e. The van der Waals surface area contributed by atoms with E-state index in [0.717, 1.165) is 25.7 Å². The number of esters is 1. The van der Waals surface area contributed by atoms with Crippen molar-refractivity contribution in [3.63, 3.8) is 0 Å². The molecule has 0 radical (unpaired) electrons. The molecule has 3 aliphatic rings. The van der Waals surface area contributed by atoms with E-state index in [2.05, 4.69) is 27.4 Å². The lowest BCUT2D eigenvalue weighted by Crippen LogP contribution is -2.63. The lowest BCUT2D eigenvalue weighted by atomic mass is 9.44. The number of hydrogen-bond acceptors (Lipinski definition) is 3. The van der Waals surface area contributed by atoms with Crippen LogP contribution in [0.15, 0.2) is 12.2 Å². The van der Waals surface area contributed by atoms with Crippen molar-refractivity contribution in [3.8, 4) is 0 Å². The van der Waals surface area contributed by atoms with Crippen molar-refractivity contribution in [2.75, 3.05) is 0 Å². The predicted molar refractivity (Wildman–Crippen MR) is 99.9 cm³/mol. The van der Waals surface area contributed by atoms with Crippen LogP contribution < -0.4 is 0 Å². The summed E-state index contributed by atoms with van der Waals surface area (Å²) < 4.78 is 5.77. The highest BCUT2D eigenvalue weighted by Gasteiger charge is 2.62. The monoisotopic (exact) mass is 348 g/mol. The van der Waals surface area contributed by atoms with Gasteiger partial charge in [-0.3, -0.25) is 4.79 Å². The van der Waals surface area contributed by atoms with Gasteiger partial charge in [0.2, 0.25) is 0 Å². The highest BCUT2D eigenvalue weighted by atomic mass is 16.5. The van der Waals surface area contributed by atoms with Crippen molar-refractivity contribution >= 4 is 5.97 Å². The molecule has 0 aromatic carbocycles. The molecule has 0 aromatic rings. The van der Waals surface area contributed by atoms with Crippen LogP contribution in [0.4, 0.5) is 0 Å². The Balaban J connectivity index is 2.01. The van der Waals surface area contributed by atoms with Crippen LogP contribution in [-0.2, 0) is 9.53 Å². The Morgan fingerprint density at radius 1 is 1.24 bits per heavy atom. The van der Waals surface area contributed by atoms with Crippen LogP contribution in [0.1, 0.15) is 73.1 Å². The zero-order valence-electron chi connectivity index (χ0n) is 16.7. The number of carbonyl (C=O) groups excluding carboxylic acids is 1. The Morgan fingerprint density at radius 3 is 2.52 bits per heavy atom. The molecule has 7 unspecified atom stereocenters. The van der Waals surface area contributed by atoms with Gasteiger partial charge in [-0.1, -0.05) is 32.9 Å². The topological polar surface area (TPSA) is 46.5 Å². The number of aliphatic hydroxyl groups is 1. The van der Waals surface area contributed by atoms with Crippen LogP contribution in [0.3, 0.4) is 0 Å². The number of fused-ring (bicyclic) bond motifs is 3. The average Bonchev–Trinajstić information content (AvgIpc) is 2.50. The molecule has 7 atom stereocenters. The van der Waals surface area contributed by atoms with Crippen molar-refractivity contribution in [2.45, 2.75) is 84.8 Å². The third kappa shape index (κ3) is 3.07. The molecule has 3 aliphatic carbocycles. The number of ether oxygens (including phenoxy) is 1. The third-order valence-corrected chi connectivity index (χ3v) is 7.85. The van der Waals surface area contributed by atoms with E-state index in [1.807, 2.05) is 6.92 Å². The predicted octanol–water partition coefficient (Wildman–Crippen LogP) is 4.73. The van der Waals surface area contributed by atoms with Gasteiger partial charge in [-0.05, 0) is 69.1 Å². The van der Waals surface area contributed by atoms with Crippen molar-refractivity contribution in [3.05, 3.63) is 12.2 Å². The zero-order chi connectivity index (χ0) is 18.6. The van der Waals surface area contributed by atoms with E-state index in [4.69, 9.17) is 4.74 Å². The van der Waals surface area contributed by atoms with Crippen LogP contribution in [0.2, 0.25) is 0 Å². The van der Waals surface area contributed by atoms with Crippen LogP contribution >= 0.6 is 0 Å². The van der Waals surface area contributed by atoms with E-state index < -0.39 is 5.60 Å². The smallest absolute Gasteiger partial charge is 0.302 e. The third-order valence-electron chi connectivity index (χ3n) is 7.85. The first-order valence-corrected chi connectivity index (χ1v) is 10.1. The Morgan fingerprint density at radius 2 is 1.92 bits per heavy atom. The standard InChI is InChI=1S/C22H36O3/c1-13(2)16-8-7-14(3)19-17(16)9-11-21(5)18(25-15(4)23)10-12-22(6,24)20(19)21/h13,16-20,24H,3,7-12H2,1-2,4-6H3. The Labute approximate surface area is 153 Å². The molecular weight excluding hydrogens is 312 g/mol. The summed E-state index contributed by atoms with van der Waals surface area (Å²) in [5.41, 5.74) is 0.453. The quantitative estimate of drug-likeness (QED) is 0.579. The first kappa shape index (κ1) is 18.9. The average molecular weight is 349 g/mol. The van der Waals surface area contributed by atoms with Crippen molar-refractivity contribution < 1.29 is 14.6 Å². The van der Waals surface area contributed by atoms with Crippen molar-refractivity contribution in [1.29, 1.82) is 0 Å². The summed E-state index contributed by atoms with van der Waals surface area (Å²) >= 11 is 0. The van der Waals surface area contributed by atoms with E-state index in [0.29, 0.717) is 30.1 Å². The minimum Gasteiger partial charge on any atom is -0.462 e. The Hall–Kier alpha value is -0.830. The minimum absolute atomic E-state index is 0.0802. The molecule has 3 nitrogen and oxygen atoms in total. The van der Waals surface area contributed by atoms with Gasteiger partial charge in [0.05, 0.1) is 5.60 Å². The zero-order valence-corrected chi connectivity index (χ0v) is 16.7. The number of carbonyl (C=O) groups is 1. The summed E-state index contributed by atoms with van der Waals surface area (Å²) in [6.07, 6.45) is 5.88. The molecular formula is C22H36O3. The van der Waals surface area contributed by atoms with Crippen LogP contribution in [0, 0.1) is 35.0 Å². The van der Waals surface area contributed by atoms with Gasteiger partial charge in [0, 0.05) is 18.3 Å². The highest BCUT2D eigenvalue weighted by molar-refractivity contribution is 5.66. The molecule has 0 spiro atoms. The fourth-order valence-electron chi connectivity index (χ4n) is 6.81. The Bertz CT molecular complexity index is 549. The van der Waals surface area contributed by atoms with E-state index >= 15 is 0 Å². The maximum Gasteiger partial charge on any atom is 0.302 e. The summed E-state index contributed by atoms with van der Waals surface area (Å²) in [6.45, 7) is 14.9. The SMILES string of the molecule is C=C1CCC(C(C)C)C2CCC3(C)C(OC(C)=O)CCC(C)(O)C3C12. The first-order chi connectivity index (χ1) is 11.6. The van der Waals surface area contributed by atoms with Crippen LogP contribution in [-0.4, -0.2) is 22.8 Å². The van der Waals surface area contributed by atoms with Gasteiger partial charge in [0.15, 0.2) is 0 Å². The molecule has 0 saturated heterocycles. The summed E-state index contributed by atoms with van der Waals surface area (Å²) in [7, 11) is 0. The second-order valence-corrected chi connectivity index (χ2v) is 9.81. The summed E-state index contributed by atoms with van der Waals surface area (Å²) in [4.78, 5) is 11.7. The molecule has 0 aromatic heterocycles. The van der Waals surface area contributed by atoms with Gasteiger partial charge in [-0.2, -0.15) is 0 Å².